The van der Waals surface area contributed by atoms with Crippen molar-refractivity contribution in [3.8, 4) is 11.5 Å². The fourth-order valence-electron chi connectivity index (χ4n) is 1.56. The molecule has 104 valence electrons. The number of aryl methyl sites for hydroxylation is 2. The Labute approximate surface area is 111 Å². The third kappa shape index (κ3) is 2.89. The van der Waals surface area contributed by atoms with Gasteiger partial charge in [-0.1, -0.05) is 18.5 Å². The van der Waals surface area contributed by atoms with Gasteiger partial charge in [0, 0.05) is 6.42 Å². The summed E-state index contributed by atoms with van der Waals surface area (Å²) in [5, 5.41) is 10.5. The van der Waals surface area contributed by atoms with Gasteiger partial charge in [0.15, 0.2) is 11.6 Å². The molecule has 0 bridgehead atoms. The molecule has 0 amide bonds. The van der Waals surface area contributed by atoms with Crippen molar-refractivity contribution < 1.29 is 13.2 Å². The van der Waals surface area contributed by atoms with Crippen LogP contribution in [0.3, 0.4) is 0 Å². The first-order valence-electron chi connectivity index (χ1n) is 5.53. The molecule has 2 heterocycles. The van der Waals surface area contributed by atoms with Gasteiger partial charge >= 0.3 is 6.18 Å². The van der Waals surface area contributed by atoms with E-state index in [4.69, 9.17) is 11.6 Å². The average Bonchev–Trinajstić information content (AvgIpc) is 2.83. The summed E-state index contributed by atoms with van der Waals surface area (Å²) >= 11 is 5.98. The minimum absolute atomic E-state index is 0.0172. The first-order chi connectivity index (χ1) is 8.81. The van der Waals surface area contributed by atoms with E-state index in [9.17, 15) is 13.2 Å². The third-order valence-corrected chi connectivity index (χ3v) is 2.91. The molecule has 2 aromatic heterocycles. The molecule has 0 fully saturated rings. The molecule has 0 saturated heterocycles. The molecule has 19 heavy (non-hydrogen) atoms. The van der Waals surface area contributed by atoms with Crippen LogP contribution in [0.4, 0.5) is 13.2 Å². The van der Waals surface area contributed by atoms with Crippen molar-refractivity contribution in [1.29, 1.82) is 0 Å². The van der Waals surface area contributed by atoms with Crippen molar-refractivity contribution in [2.24, 2.45) is 0 Å². The number of H-pyrrole nitrogens is 1. The Morgan fingerprint density at radius 3 is 2.53 bits per heavy atom. The van der Waals surface area contributed by atoms with E-state index in [1.54, 1.807) is 13.8 Å². The summed E-state index contributed by atoms with van der Waals surface area (Å²) in [6.45, 7) is 2.20. The number of hydrogen-bond donors (Lipinski definition) is 1. The zero-order valence-electron chi connectivity index (χ0n) is 10.2. The van der Waals surface area contributed by atoms with Gasteiger partial charge < -0.3 is 0 Å². The summed E-state index contributed by atoms with van der Waals surface area (Å²) in [5.41, 5.74) is 0.742. The monoisotopic (exact) mass is 293 g/mol. The lowest BCUT2D eigenvalue weighted by Gasteiger charge is -2.07. The van der Waals surface area contributed by atoms with Crippen LogP contribution in [0.25, 0.3) is 11.5 Å². The summed E-state index contributed by atoms with van der Waals surface area (Å²) in [7, 11) is 0. The Morgan fingerprint density at radius 1 is 1.37 bits per heavy atom. The molecule has 0 radical (unpaired) electrons. The first kappa shape index (κ1) is 13.9. The smallest absolute Gasteiger partial charge is 0.281 e. The maximum Gasteiger partial charge on any atom is 0.408 e. The number of alkyl halides is 3. The van der Waals surface area contributed by atoms with Crippen LogP contribution in [0, 0.1) is 6.92 Å². The van der Waals surface area contributed by atoms with Gasteiger partial charge in [0.1, 0.15) is 12.2 Å². The second-order valence-electron chi connectivity index (χ2n) is 3.99. The summed E-state index contributed by atoms with van der Waals surface area (Å²) in [4.78, 5) is 4.04. The number of nitrogens with zero attached hydrogens (tertiary/aromatic N) is 4. The highest BCUT2D eigenvalue weighted by Gasteiger charge is 2.31. The van der Waals surface area contributed by atoms with E-state index in [0.29, 0.717) is 17.9 Å². The van der Waals surface area contributed by atoms with E-state index >= 15 is 0 Å². The molecule has 2 rings (SSSR count). The lowest BCUT2D eigenvalue weighted by atomic mass is 10.3. The van der Waals surface area contributed by atoms with Crippen LogP contribution in [0.5, 0.6) is 0 Å². The molecule has 1 N–H and O–H groups in total. The lowest BCUT2D eigenvalue weighted by Crippen LogP contribution is -2.19. The minimum atomic E-state index is -4.38. The van der Waals surface area contributed by atoms with E-state index in [0.717, 1.165) is 4.68 Å². The predicted molar refractivity (Wildman–Crippen MR) is 62.8 cm³/mol. The summed E-state index contributed by atoms with van der Waals surface area (Å²) in [6.07, 6.45) is -3.95. The fourth-order valence-corrected chi connectivity index (χ4v) is 1.73. The van der Waals surface area contributed by atoms with E-state index in [-0.39, 0.29) is 16.5 Å². The number of aromatic nitrogens is 5. The Kier molecular flexibility index (Phi) is 3.53. The molecule has 0 aliphatic rings. The van der Waals surface area contributed by atoms with E-state index < -0.39 is 12.7 Å². The Morgan fingerprint density at radius 2 is 2.05 bits per heavy atom. The van der Waals surface area contributed by atoms with Crippen molar-refractivity contribution in [2.75, 3.05) is 0 Å². The van der Waals surface area contributed by atoms with Crippen LogP contribution >= 0.6 is 11.6 Å². The number of nitrogens with one attached hydrogen (secondary N) is 1. The molecule has 5 nitrogen and oxygen atoms in total. The highest BCUT2D eigenvalue weighted by Crippen LogP contribution is 2.28. The molecule has 0 aliphatic heterocycles. The predicted octanol–water partition coefficient (Wildman–Crippen LogP) is 2.75. The molecular weight excluding hydrogens is 283 g/mol. The van der Waals surface area contributed by atoms with Crippen LogP contribution in [-0.2, 0) is 13.0 Å². The van der Waals surface area contributed by atoms with Gasteiger partial charge in [-0.3, -0.25) is 5.10 Å². The fraction of sp³-hybridized carbons (Fsp3) is 0.500. The van der Waals surface area contributed by atoms with Crippen molar-refractivity contribution in [2.45, 2.75) is 33.0 Å². The molecule has 0 aliphatic carbocycles. The first-order valence-corrected chi connectivity index (χ1v) is 5.91. The van der Waals surface area contributed by atoms with Gasteiger partial charge in [-0.05, 0) is 6.92 Å². The largest absolute Gasteiger partial charge is 0.408 e. The van der Waals surface area contributed by atoms with E-state index in [1.165, 1.54) is 0 Å². The Balaban J connectivity index is 2.49. The Hall–Kier alpha value is -1.57. The molecule has 0 atom stereocenters. The lowest BCUT2D eigenvalue weighted by molar-refractivity contribution is -0.142. The summed E-state index contributed by atoms with van der Waals surface area (Å²) in [6, 6.07) is 0. The minimum Gasteiger partial charge on any atom is -0.281 e. The molecule has 9 heteroatoms. The van der Waals surface area contributed by atoms with E-state index in [2.05, 4.69) is 20.3 Å². The van der Waals surface area contributed by atoms with Crippen molar-refractivity contribution in [3.63, 3.8) is 0 Å². The quantitative estimate of drug-likeness (QED) is 0.946. The van der Waals surface area contributed by atoms with Crippen LogP contribution in [0.2, 0.25) is 5.02 Å². The average molecular weight is 294 g/mol. The standard InChI is InChI=1S/C10H11ClF3N5/c1-3-6-15-9(8-7(11)5(2)16-17-8)19(18-6)4-10(12,13)14/h3-4H2,1-2H3,(H,16,17). The number of hydrogen-bond acceptors (Lipinski definition) is 3. The van der Waals surface area contributed by atoms with Gasteiger partial charge in [0.25, 0.3) is 0 Å². The highest BCUT2D eigenvalue weighted by molar-refractivity contribution is 6.33. The Bertz CT molecular complexity index is 586. The third-order valence-electron chi connectivity index (χ3n) is 2.45. The van der Waals surface area contributed by atoms with Gasteiger partial charge in [0.2, 0.25) is 0 Å². The maximum absolute atomic E-state index is 12.5. The SMILES string of the molecule is CCc1nc(-c2n[nH]c(C)c2Cl)n(CC(F)(F)F)n1. The topological polar surface area (TPSA) is 59.4 Å². The zero-order valence-corrected chi connectivity index (χ0v) is 11.0. The maximum atomic E-state index is 12.5. The van der Waals surface area contributed by atoms with Crippen molar-refractivity contribution >= 4 is 11.6 Å². The second kappa shape index (κ2) is 4.84. The normalized spacial score (nSPS) is 12.1. The molecule has 0 spiro atoms. The van der Waals surface area contributed by atoms with Crippen LogP contribution < -0.4 is 0 Å². The van der Waals surface area contributed by atoms with Gasteiger partial charge in [-0.15, -0.1) is 0 Å². The van der Waals surface area contributed by atoms with Crippen molar-refractivity contribution in [3.05, 3.63) is 16.5 Å². The molecule has 0 saturated carbocycles. The van der Waals surface area contributed by atoms with Gasteiger partial charge in [-0.2, -0.15) is 23.4 Å². The summed E-state index contributed by atoms with van der Waals surface area (Å²) < 4.78 is 38.3. The molecular formula is C10H11ClF3N5. The molecule has 0 unspecified atom stereocenters. The molecule has 0 aromatic carbocycles. The second-order valence-corrected chi connectivity index (χ2v) is 4.37. The van der Waals surface area contributed by atoms with Crippen LogP contribution in [-0.4, -0.2) is 31.1 Å². The van der Waals surface area contributed by atoms with Crippen molar-refractivity contribution in [1.82, 2.24) is 25.0 Å². The summed E-state index contributed by atoms with van der Waals surface area (Å²) in [5.74, 6) is 0.333. The number of rotatable bonds is 3. The number of aromatic amines is 1. The van der Waals surface area contributed by atoms with Gasteiger partial charge in [0.05, 0.1) is 10.7 Å². The zero-order chi connectivity index (χ0) is 14.2. The molecule has 2 aromatic rings. The highest BCUT2D eigenvalue weighted by atomic mass is 35.5. The van der Waals surface area contributed by atoms with E-state index in [1.807, 2.05) is 0 Å². The van der Waals surface area contributed by atoms with Crippen LogP contribution in [0.1, 0.15) is 18.4 Å². The number of halogens is 4. The van der Waals surface area contributed by atoms with Gasteiger partial charge in [-0.25, -0.2) is 9.67 Å². The van der Waals surface area contributed by atoms with Crippen LogP contribution in [0.15, 0.2) is 0 Å².